The summed E-state index contributed by atoms with van der Waals surface area (Å²) in [6.45, 7) is -0.0781. The lowest BCUT2D eigenvalue weighted by molar-refractivity contribution is -0.142. The van der Waals surface area contributed by atoms with Gasteiger partial charge in [0.15, 0.2) is 6.61 Å². The summed E-state index contributed by atoms with van der Waals surface area (Å²) in [6.07, 6.45) is 0. The number of ether oxygens (including phenoxy) is 3. The van der Waals surface area contributed by atoms with Crippen LogP contribution in [0.2, 0.25) is 0 Å². The zero-order chi connectivity index (χ0) is 18.3. The van der Waals surface area contributed by atoms with E-state index in [1.165, 1.54) is 31.4 Å². The van der Waals surface area contributed by atoms with Crippen LogP contribution in [0.4, 0.5) is 0 Å². The molecule has 0 spiro atoms. The van der Waals surface area contributed by atoms with Crippen LogP contribution in [0.25, 0.3) is 0 Å². The highest BCUT2D eigenvalue weighted by Crippen LogP contribution is 2.17. The fraction of sp³-hybridized carbons (Fsp3) is 0.235. The number of carbonyl (C=O) groups excluding carboxylic acids is 1. The van der Waals surface area contributed by atoms with Gasteiger partial charge in [0.1, 0.15) is 11.5 Å². The highest BCUT2D eigenvalue weighted by Gasteiger charge is 2.14. The number of hydrogen-bond donors (Lipinski definition) is 1. The molecule has 0 amide bonds. The van der Waals surface area contributed by atoms with Gasteiger partial charge < -0.3 is 14.2 Å². The van der Waals surface area contributed by atoms with Crippen molar-refractivity contribution in [3.8, 4) is 11.5 Å². The van der Waals surface area contributed by atoms with Gasteiger partial charge in [0.25, 0.3) is 0 Å². The number of rotatable bonds is 8. The van der Waals surface area contributed by atoms with E-state index in [0.717, 1.165) is 5.56 Å². The summed E-state index contributed by atoms with van der Waals surface area (Å²) >= 11 is 0. The molecule has 2 aromatic rings. The number of sulfonamides is 1. The van der Waals surface area contributed by atoms with Crippen molar-refractivity contribution in [3.63, 3.8) is 0 Å². The van der Waals surface area contributed by atoms with Crippen molar-refractivity contribution in [2.45, 2.75) is 11.4 Å². The van der Waals surface area contributed by atoms with Gasteiger partial charge in [0.2, 0.25) is 10.0 Å². The fourth-order valence-corrected chi connectivity index (χ4v) is 2.94. The lowest BCUT2D eigenvalue weighted by atomic mass is 10.2. The monoisotopic (exact) mass is 365 g/mol. The van der Waals surface area contributed by atoms with Gasteiger partial charge in [-0.2, -0.15) is 0 Å². The molecule has 7 nitrogen and oxygen atoms in total. The molecule has 0 aliphatic rings. The van der Waals surface area contributed by atoms with E-state index in [-0.39, 0.29) is 18.0 Å². The van der Waals surface area contributed by atoms with E-state index in [2.05, 4.69) is 9.46 Å². The van der Waals surface area contributed by atoms with Crippen molar-refractivity contribution in [3.05, 3.63) is 54.1 Å². The Labute approximate surface area is 146 Å². The third-order valence-electron chi connectivity index (χ3n) is 3.34. The summed E-state index contributed by atoms with van der Waals surface area (Å²) in [5, 5.41) is 0. The minimum absolute atomic E-state index is 0.103. The smallest absolute Gasteiger partial charge is 0.343 e. The van der Waals surface area contributed by atoms with E-state index < -0.39 is 16.0 Å². The first kappa shape index (κ1) is 18.8. The van der Waals surface area contributed by atoms with Gasteiger partial charge in [0.05, 0.1) is 19.1 Å². The van der Waals surface area contributed by atoms with Crippen LogP contribution >= 0.6 is 0 Å². The zero-order valence-electron chi connectivity index (χ0n) is 13.9. The molecule has 0 fully saturated rings. The number of methoxy groups -OCH3 is 2. The third kappa shape index (κ3) is 5.47. The standard InChI is InChI=1S/C17H19NO6S/c1-22-14-5-3-13(4-6-14)11-18-25(20,21)16-9-7-15(8-10-16)24-12-17(19)23-2/h3-10,18H,11-12H2,1-2H3. The maximum Gasteiger partial charge on any atom is 0.343 e. The van der Waals surface area contributed by atoms with E-state index in [1.807, 2.05) is 0 Å². The zero-order valence-corrected chi connectivity index (χ0v) is 14.7. The van der Waals surface area contributed by atoms with Gasteiger partial charge in [-0.3, -0.25) is 0 Å². The molecule has 2 rings (SSSR count). The average molecular weight is 365 g/mol. The fourth-order valence-electron chi connectivity index (χ4n) is 1.92. The van der Waals surface area contributed by atoms with Crippen LogP contribution in [-0.2, 0) is 26.1 Å². The summed E-state index contributed by atoms with van der Waals surface area (Å²) in [6, 6.07) is 12.9. The van der Waals surface area contributed by atoms with Gasteiger partial charge in [-0.05, 0) is 42.0 Å². The summed E-state index contributed by atoms with van der Waals surface area (Å²) in [7, 11) is -0.830. The molecule has 0 aliphatic carbocycles. The Bertz CT molecular complexity index is 800. The molecule has 134 valence electrons. The Morgan fingerprint density at radius 1 is 0.960 bits per heavy atom. The molecule has 8 heteroatoms. The normalized spacial score (nSPS) is 11.0. The highest BCUT2D eigenvalue weighted by molar-refractivity contribution is 7.89. The number of nitrogens with one attached hydrogen (secondary N) is 1. The first-order valence-corrected chi connectivity index (χ1v) is 8.85. The SMILES string of the molecule is COC(=O)COc1ccc(S(=O)(=O)NCc2ccc(OC)cc2)cc1. The molecular formula is C17H19NO6S. The van der Waals surface area contributed by atoms with Crippen molar-refractivity contribution >= 4 is 16.0 Å². The van der Waals surface area contributed by atoms with Crippen molar-refractivity contribution in [2.75, 3.05) is 20.8 Å². The molecular weight excluding hydrogens is 346 g/mol. The average Bonchev–Trinajstić information content (AvgIpc) is 2.65. The summed E-state index contributed by atoms with van der Waals surface area (Å²) < 4.78 is 41.8. The molecule has 0 radical (unpaired) electrons. The topological polar surface area (TPSA) is 90.9 Å². The Hall–Kier alpha value is -2.58. The second-order valence-corrected chi connectivity index (χ2v) is 6.78. The maximum absolute atomic E-state index is 12.3. The lowest BCUT2D eigenvalue weighted by Crippen LogP contribution is -2.23. The third-order valence-corrected chi connectivity index (χ3v) is 4.76. The predicted molar refractivity (Wildman–Crippen MR) is 91.0 cm³/mol. The van der Waals surface area contributed by atoms with Gasteiger partial charge in [0, 0.05) is 6.54 Å². The van der Waals surface area contributed by atoms with Crippen LogP contribution in [0.15, 0.2) is 53.4 Å². The van der Waals surface area contributed by atoms with Crippen molar-refractivity contribution in [2.24, 2.45) is 0 Å². The van der Waals surface area contributed by atoms with Crippen LogP contribution in [0.5, 0.6) is 11.5 Å². The number of hydrogen-bond acceptors (Lipinski definition) is 6. The van der Waals surface area contributed by atoms with Gasteiger partial charge in [-0.25, -0.2) is 17.9 Å². The van der Waals surface area contributed by atoms with E-state index in [1.54, 1.807) is 31.4 Å². The quantitative estimate of drug-likeness (QED) is 0.717. The van der Waals surface area contributed by atoms with Crippen LogP contribution in [0, 0.1) is 0 Å². The number of benzene rings is 2. The van der Waals surface area contributed by atoms with Crippen LogP contribution in [-0.4, -0.2) is 35.2 Å². The van der Waals surface area contributed by atoms with Crippen molar-refractivity contribution < 1.29 is 27.4 Å². The van der Waals surface area contributed by atoms with Gasteiger partial charge in [-0.15, -0.1) is 0 Å². The Morgan fingerprint density at radius 2 is 1.56 bits per heavy atom. The van der Waals surface area contributed by atoms with Crippen molar-refractivity contribution in [1.29, 1.82) is 0 Å². The second-order valence-electron chi connectivity index (χ2n) is 5.01. The Kier molecular flexibility index (Phi) is 6.37. The van der Waals surface area contributed by atoms with E-state index >= 15 is 0 Å². The molecule has 0 aromatic heterocycles. The first-order chi connectivity index (χ1) is 11.9. The van der Waals surface area contributed by atoms with E-state index in [4.69, 9.17) is 9.47 Å². The van der Waals surface area contributed by atoms with Crippen molar-refractivity contribution in [1.82, 2.24) is 4.72 Å². The molecule has 1 N–H and O–H groups in total. The molecule has 0 atom stereocenters. The van der Waals surface area contributed by atoms with Crippen LogP contribution < -0.4 is 14.2 Å². The number of carbonyl (C=O) groups is 1. The molecule has 0 saturated carbocycles. The molecule has 25 heavy (non-hydrogen) atoms. The minimum atomic E-state index is -3.66. The largest absolute Gasteiger partial charge is 0.497 e. The predicted octanol–water partition coefficient (Wildman–Crippen LogP) is 1.73. The van der Waals surface area contributed by atoms with Gasteiger partial charge >= 0.3 is 5.97 Å². The molecule has 2 aromatic carbocycles. The molecule has 0 unspecified atom stereocenters. The molecule has 0 saturated heterocycles. The second kappa shape index (κ2) is 8.50. The lowest BCUT2D eigenvalue weighted by Gasteiger charge is -2.09. The Balaban J connectivity index is 1.97. The number of esters is 1. The molecule has 0 bridgehead atoms. The molecule has 0 heterocycles. The van der Waals surface area contributed by atoms with Gasteiger partial charge in [-0.1, -0.05) is 12.1 Å². The minimum Gasteiger partial charge on any atom is -0.497 e. The molecule has 0 aliphatic heterocycles. The summed E-state index contributed by atoms with van der Waals surface area (Å²) in [4.78, 5) is 11.1. The van der Waals surface area contributed by atoms with Crippen LogP contribution in [0.3, 0.4) is 0 Å². The van der Waals surface area contributed by atoms with E-state index in [0.29, 0.717) is 11.5 Å². The first-order valence-electron chi connectivity index (χ1n) is 7.37. The van der Waals surface area contributed by atoms with E-state index in [9.17, 15) is 13.2 Å². The summed E-state index contributed by atoms with van der Waals surface area (Å²) in [5.74, 6) is 0.562. The van der Waals surface area contributed by atoms with Crippen LogP contribution in [0.1, 0.15) is 5.56 Å². The maximum atomic E-state index is 12.3. The summed E-state index contributed by atoms with van der Waals surface area (Å²) in [5.41, 5.74) is 0.808. The Morgan fingerprint density at radius 3 is 2.12 bits per heavy atom. The highest BCUT2D eigenvalue weighted by atomic mass is 32.2.